The van der Waals surface area contributed by atoms with E-state index in [9.17, 15) is 0 Å². The summed E-state index contributed by atoms with van der Waals surface area (Å²) >= 11 is 0. The molecule has 0 fully saturated rings. The first kappa shape index (κ1) is 9.17. The Balaban J connectivity index is 2.57. The zero-order chi connectivity index (χ0) is 8.97. The van der Waals surface area contributed by atoms with Crippen LogP contribution in [-0.4, -0.2) is 9.97 Å². The van der Waals surface area contributed by atoms with E-state index in [1.807, 2.05) is 13.1 Å². The number of aryl methyl sites for hydroxylation is 2. The molecule has 0 bridgehead atoms. The molecule has 0 atom stereocenters. The quantitative estimate of drug-likeness (QED) is 0.685. The molecule has 0 saturated heterocycles. The summed E-state index contributed by atoms with van der Waals surface area (Å²) < 4.78 is 0. The van der Waals surface area contributed by atoms with E-state index in [2.05, 4.69) is 23.8 Å². The van der Waals surface area contributed by atoms with Gasteiger partial charge in [0.2, 0.25) is 0 Å². The lowest BCUT2D eigenvalue weighted by Crippen LogP contribution is -1.97. The summed E-state index contributed by atoms with van der Waals surface area (Å²) in [4.78, 5) is 8.16. The van der Waals surface area contributed by atoms with Crippen LogP contribution in [0.4, 0.5) is 0 Å². The summed E-state index contributed by atoms with van der Waals surface area (Å²) in [5, 5.41) is 0. The van der Waals surface area contributed by atoms with E-state index in [4.69, 9.17) is 0 Å². The fraction of sp³-hybridized carbons (Fsp3) is 0.600. The third-order valence-corrected chi connectivity index (χ3v) is 2.00. The average molecular weight is 164 g/mol. The predicted octanol–water partition coefficient (Wildman–Crippen LogP) is 2.37. The topological polar surface area (TPSA) is 25.8 Å². The highest BCUT2D eigenvalue weighted by atomic mass is 14.8. The Bertz CT molecular complexity index is 243. The van der Waals surface area contributed by atoms with Crippen molar-refractivity contribution < 1.29 is 0 Å². The van der Waals surface area contributed by atoms with E-state index in [-0.39, 0.29) is 0 Å². The van der Waals surface area contributed by atoms with Crippen molar-refractivity contribution in [3.8, 4) is 0 Å². The molecule has 0 unspecified atom stereocenters. The van der Waals surface area contributed by atoms with E-state index >= 15 is 0 Å². The SMILES string of the molecule is Cc1ncncc1CCC(C)C. The fourth-order valence-electron chi connectivity index (χ4n) is 1.11. The third-order valence-electron chi connectivity index (χ3n) is 2.00. The molecule has 12 heavy (non-hydrogen) atoms. The first-order valence-electron chi connectivity index (χ1n) is 4.45. The second-order valence-electron chi connectivity index (χ2n) is 3.57. The molecule has 0 amide bonds. The molecule has 0 radical (unpaired) electrons. The minimum atomic E-state index is 0.754. The van der Waals surface area contributed by atoms with Crippen molar-refractivity contribution in [1.82, 2.24) is 9.97 Å². The minimum Gasteiger partial charge on any atom is -0.245 e. The molecule has 2 heteroatoms. The highest BCUT2D eigenvalue weighted by molar-refractivity contribution is 5.13. The van der Waals surface area contributed by atoms with Crippen LogP contribution in [0.2, 0.25) is 0 Å². The minimum absolute atomic E-state index is 0.754. The predicted molar refractivity (Wildman–Crippen MR) is 49.9 cm³/mol. The van der Waals surface area contributed by atoms with Crippen molar-refractivity contribution in [3.05, 3.63) is 23.8 Å². The Kier molecular flexibility index (Phi) is 3.20. The van der Waals surface area contributed by atoms with Gasteiger partial charge in [0.15, 0.2) is 0 Å². The Morgan fingerprint density at radius 2 is 2.17 bits per heavy atom. The van der Waals surface area contributed by atoms with Crippen molar-refractivity contribution in [2.45, 2.75) is 33.6 Å². The Labute approximate surface area is 74.1 Å². The number of nitrogens with zero attached hydrogens (tertiary/aromatic N) is 2. The van der Waals surface area contributed by atoms with Gasteiger partial charge in [0, 0.05) is 11.9 Å². The molecule has 0 N–H and O–H groups in total. The van der Waals surface area contributed by atoms with Crippen LogP contribution < -0.4 is 0 Å². The molecule has 0 spiro atoms. The summed E-state index contributed by atoms with van der Waals surface area (Å²) in [5.41, 5.74) is 2.40. The maximum Gasteiger partial charge on any atom is 0.115 e. The summed E-state index contributed by atoms with van der Waals surface area (Å²) in [6.45, 7) is 6.51. The van der Waals surface area contributed by atoms with Gasteiger partial charge in [0.1, 0.15) is 6.33 Å². The van der Waals surface area contributed by atoms with E-state index in [1.54, 1.807) is 6.33 Å². The van der Waals surface area contributed by atoms with Gasteiger partial charge < -0.3 is 0 Å². The number of rotatable bonds is 3. The number of hydrogen-bond donors (Lipinski definition) is 0. The van der Waals surface area contributed by atoms with Gasteiger partial charge >= 0.3 is 0 Å². The summed E-state index contributed by atoms with van der Waals surface area (Å²) in [5.74, 6) is 0.754. The molecule has 0 saturated carbocycles. The van der Waals surface area contributed by atoms with Gasteiger partial charge in [0.05, 0.1) is 0 Å². The first-order valence-corrected chi connectivity index (χ1v) is 4.45. The van der Waals surface area contributed by atoms with Crippen molar-refractivity contribution in [1.29, 1.82) is 0 Å². The lowest BCUT2D eigenvalue weighted by Gasteiger charge is -2.05. The van der Waals surface area contributed by atoms with Gasteiger partial charge in [-0.25, -0.2) is 9.97 Å². The summed E-state index contributed by atoms with van der Waals surface area (Å²) in [7, 11) is 0. The zero-order valence-electron chi connectivity index (χ0n) is 8.04. The van der Waals surface area contributed by atoms with Crippen LogP contribution in [0, 0.1) is 12.8 Å². The molecular weight excluding hydrogens is 148 g/mol. The van der Waals surface area contributed by atoms with Crippen LogP contribution in [0.25, 0.3) is 0 Å². The highest BCUT2D eigenvalue weighted by Crippen LogP contribution is 2.09. The second-order valence-corrected chi connectivity index (χ2v) is 3.57. The molecule has 2 nitrogen and oxygen atoms in total. The van der Waals surface area contributed by atoms with Crippen LogP contribution in [0.1, 0.15) is 31.5 Å². The Hall–Kier alpha value is -0.920. The molecule has 1 aromatic rings. The van der Waals surface area contributed by atoms with Gasteiger partial charge in [0.25, 0.3) is 0 Å². The lowest BCUT2D eigenvalue weighted by molar-refractivity contribution is 0.584. The first-order chi connectivity index (χ1) is 5.70. The van der Waals surface area contributed by atoms with Crippen LogP contribution >= 0.6 is 0 Å². The number of hydrogen-bond acceptors (Lipinski definition) is 2. The zero-order valence-corrected chi connectivity index (χ0v) is 8.04. The van der Waals surface area contributed by atoms with Gasteiger partial charge in [-0.2, -0.15) is 0 Å². The maximum absolute atomic E-state index is 4.15. The molecule has 1 aromatic heterocycles. The van der Waals surface area contributed by atoms with Crippen LogP contribution in [0.15, 0.2) is 12.5 Å². The molecule has 1 heterocycles. The molecule has 0 aliphatic carbocycles. The van der Waals surface area contributed by atoms with E-state index in [0.717, 1.165) is 18.0 Å². The van der Waals surface area contributed by atoms with E-state index in [1.165, 1.54) is 12.0 Å². The number of aromatic nitrogens is 2. The second kappa shape index (κ2) is 4.19. The largest absolute Gasteiger partial charge is 0.245 e. The van der Waals surface area contributed by atoms with Crippen molar-refractivity contribution in [3.63, 3.8) is 0 Å². The normalized spacial score (nSPS) is 10.7. The molecule has 0 aliphatic heterocycles. The van der Waals surface area contributed by atoms with Crippen molar-refractivity contribution >= 4 is 0 Å². The monoisotopic (exact) mass is 164 g/mol. The molecule has 0 aliphatic rings. The summed E-state index contributed by atoms with van der Waals surface area (Å²) in [6.07, 6.45) is 5.84. The molecular formula is C10H16N2. The smallest absolute Gasteiger partial charge is 0.115 e. The third kappa shape index (κ3) is 2.61. The molecule has 66 valence electrons. The van der Waals surface area contributed by atoms with E-state index in [0.29, 0.717) is 0 Å². The maximum atomic E-state index is 4.15. The lowest BCUT2D eigenvalue weighted by atomic mass is 10.0. The van der Waals surface area contributed by atoms with Gasteiger partial charge in [-0.15, -0.1) is 0 Å². The fourth-order valence-corrected chi connectivity index (χ4v) is 1.11. The highest BCUT2D eigenvalue weighted by Gasteiger charge is 2.00. The van der Waals surface area contributed by atoms with Gasteiger partial charge in [-0.05, 0) is 31.2 Å². The van der Waals surface area contributed by atoms with E-state index < -0.39 is 0 Å². The van der Waals surface area contributed by atoms with Crippen molar-refractivity contribution in [2.24, 2.45) is 5.92 Å². The molecule has 0 aromatic carbocycles. The van der Waals surface area contributed by atoms with Gasteiger partial charge in [-0.1, -0.05) is 13.8 Å². The van der Waals surface area contributed by atoms with Crippen LogP contribution in [-0.2, 0) is 6.42 Å². The van der Waals surface area contributed by atoms with Gasteiger partial charge in [-0.3, -0.25) is 0 Å². The Morgan fingerprint density at radius 1 is 1.42 bits per heavy atom. The van der Waals surface area contributed by atoms with Crippen molar-refractivity contribution in [2.75, 3.05) is 0 Å². The molecule has 1 rings (SSSR count). The standard InChI is InChI=1S/C10H16N2/c1-8(2)4-5-10-6-11-7-12-9(10)3/h6-8H,4-5H2,1-3H3. The van der Waals surface area contributed by atoms with Crippen LogP contribution in [0.3, 0.4) is 0 Å². The summed E-state index contributed by atoms with van der Waals surface area (Å²) in [6, 6.07) is 0. The van der Waals surface area contributed by atoms with Crippen LogP contribution in [0.5, 0.6) is 0 Å². The Morgan fingerprint density at radius 3 is 2.75 bits per heavy atom. The average Bonchev–Trinajstić information content (AvgIpc) is 2.03.